The average Bonchev–Trinajstić information content (AvgIpc) is 2.60. The predicted molar refractivity (Wildman–Crippen MR) is 88.5 cm³/mol. The van der Waals surface area contributed by atoms with Crippen molar-refractivity contribution in [3.63, 3.8) is 0 Å². The molecule has 1 aromatic rings. The Morgan fingerprint density at radius 1 is 1.17 bits per heavy atom. The van der Waals surface area contributed by atoms with Gasteiger partial charge in [-0.2, -0.15) is 0 Å². The summed E-state index contributed by atoms with van der Waals surface area (Å²) in [6.45, 7) is 3.94. The number of ether oxygens (including phenoxy) is 3. The van der Waals surface area contributed by atoms with Gasteiger partial charge in [-0.15, -0.1) is 0 Å². The van der Waals surface area contributed by atoms with Crippen LogP contribution in [-0.2, 0) is 14.3 Å². The van der Waals surface area contributed by atoms with Crippen molar-refractivity contribution in [2.24, 2.45) is 0 Å². The Bertz CT molecular complexity index is 503. The van der Waals surface area contributed by atoms with Gasteiger partial charge in [-0.25, -0.2) is 0 Å². The van der Waals surface area contributed by atoms with Crippen molar-refractivity contribution in [3.8, 4) is 5.75 Å². The highest BCUT2D eigenvalue weighted by molar-refractivity contribution is 5.76. The van der Waals surface area contributed by atoms with Crippen molar-refractivity contribution in [2.45, 2.75) is 38.4 Å². The molecule has 1 fully saturated rings. The van der Waals surface area contributed by atoms with E-state index in [4.69, 9.17) is 14.2 Å². The Hall–Kier alpha value is -1.59. The zero-order valence-corrected chi connectivity index (χ0v) is 14.3. The monoisotopic (exact) mass is 321 g/mol. The maximum atomic E-state index is 12.3. The Morgan fingerprint density at radius 2 is 1.83 bits per heavy atom. The van der Waals surface area contributed by atoms with Crippen LogP contribution in [0, 0.1) is 6.92 Å². The smallest absolute Gasteiger partial charge is 0.222 e. The highest BCUT2D eigenvalue weighted by atomic mass is 16.7. The van der Waals surface area contributed by atoms with Gasteiger partial charge in [0.1, 0.15) is 5.75 Å². The number of nitrogens with zero attached hydrogens (tertiary/aromatic N) is 1. The van der Waals surface area contributed by atoms with Crippen molar-refractivity contribution in [1.29, 1.82) is 0 Å². The van der Waals surface area contributed by atoms with E-state index in [0.29, 0.717) is 39.0 Å². The van der Waals surface area contributed by atoms with Crippen LogP contribution in [0.5, 0.6) is 5.75 Å². The first-order valence-electron chi connectivity index (χ1n) is 8.17. The van der Waals surface area contributed by atoms with E-state index in [0.717, 1.165) is 17.7 Å². The van der Waals surface area contributed by atoms with Crippen LogP contribution in [0.4, 0.5) is 0 Å². The Balaban J connectivity index is 1.69. The van der Waals surface area contributed by atoms with Crippen molar-refractivity contribution in [3.05, 3.63) is 29.8 Å². The van der Waals surface area contributed by atoms with E-state index in [1.54, 1.807) is 14.2 Å². The second-order valence-corrected chi connectivity index (χ2v) is 5.92. The van der Waals surface area contributed by atoms with Gasteiger partial charge in [0, 0.05) is 46.6 Å². The third-order valence-corrected chi connectivity index (χ3v) is 4.51. The van der Waals surface area contributed by atoms with Gasteiger partial charge in [0.2, 0.25) is 5.91 Å². The van der Waals surface area contributed by atoms with Gasteiger partial charge >= 0.3 is 0 Å². The summed E-state index contributed by atoms with van der Waals surface area (Å²) in [4.78, 5) is 14.1. The number of carbonyl (C=O) groups excluding carboxylic acids is 1. The molecule has 1 aromatic carbocycles. The van der Waals surface area contributed by atoms with Gasteiger partial charge in [0.15, 0.2) is 5.79 Å². The van der Waals surface area contributed by atoms with Crippen LogP contribution in [0.1, 0.15) is 31.2 Å². The van der Waals surface area contributed by atoms with E-state index in [1.807, 2.05) is 36.1 Å². The quantitative estimate of drug-likeness (QED) is 0.572. The summed E-state index contributed by atoms with van der Waals surface area (Å²) in [5, 5.41) is 0. The van der Waals surface area contributed by atoms with Gasteiger partial charge in [-0.05, 0) is 25.0 Å². The fraction of sp³-hybridized carbons (Fsp3) is 0.611. The summed E-state index contributed by atoms with van der Waals surface area (Å²) in [5.74, 6) is 0.548. The van der Waals surface area contributed by atoms with E-state index in [-0.39, 0.29) is 5.91 Å². The number of hydrogen-bond donors (Lipinski definition) is 0. The zero-order chi connectivity index (χ0) is 16.7. The summed E-state index contributed by atoms with van der Waals surface area (Å²) in [6, 6.07) is 7.92. The number of piperidine rings is 1. The van der Waals surface area contributed by atoms with Gasteiger partial charge in [0.25, 0.3) is 0 Å². The fourth-order valence-electron chi connectivity index (χ4n) is 2.87. The molecule has 1 amide bonds. The van der Waals surface area contributed by atoms with E-state index in [9.17, 15) is 4.79 Å². The van der Waals surface area contributed by atoms with Crippen LogP contribution < -0.4 is 4.74 Å². The molecule has 0 saturated carbocycles. The van der Waals surface area contributed by atoms with Crippen LogP contribution in [0.3, 0.4) is 0 Å². The van der Waals surface area contributed by atoms with Crippen LogP contribution in [0.25, 0.3) is 0 Å². The Labute approximate surface area is 138 Å². The lowest BCUT2D eigenvalue weighted by Crippen LogP contribution is -2.48. The molecule has 5 heteroatoms. The predicted octanol–water partition coefficient (Wildman–Crippen LogP) is 2.77. The summed E-state index contributed by atoms with van der Waals surface area (Å²) >= 11 is 0. The van der Waals surface area contributed by atoms with E-state index < -0.39 is 5.79 Å². The molecule has 0 aliphatic carbocycles. The average molecular weight is 321 g/mol. The fourth-order valence-corrected chi connectivity index (χ4v) is 2.87. The molecule has 1 aliphatic rings. The van der Waals surface area contributed by atoms with Crippen molar-refractivity contribution in [1.82, 2.24) is 4.90 Å². The number of rotatable bonds is 7. The topological polar surface area (TPSA) is 48.0 Å². The Kier molecular flexibility index (Phi) is 6.42. The van der Waals surface area contributed by atoms with Crippen molar-refractivity contribution < 1.29 is 19.0 Å². The second kappa shape index (κ2) is 8.31. The molecule has 2 rings (SSSR count). The van der Waals surface area contributed by atoms with Crippen LogP contribution in [0.15, 0.2) is 24.3 Å². The number of likely N-dealkylation sites (tertiary alicyclic amines) is 1. The van der Waals surface area contributed by atoms with Crippen LogP contribution in [0.2, 0.25) is 0 Å². The SMILES string of the molecule is COC1(OC)CCN(C(=O)CCCOc2ccccc2C)CC1. The van der Waals surface area contributed by atoms with E-state index in [2.05, 4.69) is 0 Å². The maximum absolute atomic E-state index is 12.3. The summed E-state index contributed by atoms with van der Waals surface area (Å²) < 4.78 is 16.6. The number of aryl methyl sites for hydroxylation is 1. The molecule has 23 heavy (non-hydrogen) atoms. The molecule has 0 N–H and O–H groups in total. The normalized spacial score (nSPS) is 17.1. The van der Waals surface area contributed by atoms with Gasteiger partial charge in [-0.1, -0.05) is 18.2 Å². The largest absolute Gasteiger partial charge is 0.493 e. The number of para-hydroxylation sites is 1. The number of carbonyl (C=O) groups is 1. The van der Waals surface area contributed by atoms with E-state index in [1.165, 1.54) is 0 Å². The molecule has 0 spiro atoms. The third-order valence-electron chi connectivity index (χ3n) is 4.51. The molecule has 0 unspecified atom stereocenters. The lowest BCUT2D eigenvalue weighted by atomic mass is 10.0. The molecule has 0 bridgehead atoms. The molecule has 5 nitrogen and oxygen atoms in total. The molecule has 0 aromatic heterocycles. The highest BCUT2D eigenvalue weighted by Gasteiger charge is 2.35. The van der Waals surface area contributed by atoms with Crippen molar-refractivity contribution >= 4 is 5.91 Å². The molecular weight excluding hydrogens is 294 g/mol. The molecule has 1 heterocycles. The van der Waals surface area contributed by atoms with E-state index >= 15 is 0 Å². The maximum Gasteiger partial charge on any atom is 0.222 e. The molecule has 1 aliphatic heterocycles. The van der Waals surface area contributed by atoms with Gasteiger partial charge < -0.3 is 19.1 Å². The minimum atomic E-state index is -0.523. The molecule has 128 valence electrons. The summed E-state index contributed by atoms with van der Waals surface area (Å²) in [6.07, 6.45) is 2.67. The minimum Gasteiger partial charge on any atom is -0.493 e. The van der Waals surface area contributed by atoms with Crippen molar-refractivity contribution in [2.75, 3.05) is 33.9 Å². The van der Waals surface area contributed by atoms with Crippen LogP contribution in [-0.4, -0.2) is 50.5 Å². The zero-order valence-electron chi connectivity index (χ0n) is 14.3. The van der Waals surface area contributed by atoms with Gasteiger partial charge in [-0.3, -0.25) is 4.79 Å². The summed E-state index contributed by atoms with van der Waals surface area (Å²) in [5.41, 5.74) is 1.12. The summed E-state index contributed by atoms with van der Waals surface area (Å²) in [7, 11) is 3.31. The minimum absolute atomic E-state index is 0.180. The highest BCUT2D eigenvalue weighted by Crippen LogP contribution is 2.26. The molecule has 0 radical (unpaired) electrons. The molecular formula is C18H27NO4. The third kappa shape index (κ3) is 4.69. The first kappa shape index (κ1) is 17.8. The van der Waals surface area contributed by atoms with Crippen LogP contribution >= 0.6 is 0 Å². The first-order chi connectivity index (χ1) is 11.1. The lowest BCUT2D eigenvalue weighted by molar-refractivity contribution is -0.228. The first-order valence-corrected chi connectivity index (χ1v) is 8.17. The standard InChI is InChI=1S/C18H27NO4/c1-15-7-4-5-8-16(15)23-14-6-9-17(20)19-12-10-18(21-2,22-3)11-13-19/h4-5,7-8H,6,9-14H2,1-3H3. The number of hydrogen-bond acceptors (Lipinski definition) is 4. The number of benzene rings is 1. The molecule has 0 atom stereocenters. The molecule has 1 saturated heterocycles. The number of methoxy groups -OCH3 is 2. The lowest BCUT2D eigenvalue weighted by Gasteiger charge is -2.39. The number of amides is 1. The second-order valence-electron chi connectivity index (χ2n) is 5.92. The Morgan fingerprint density at radius 3 is 2.43 bits per heavy atom. The van der Waals surface area contributed by atoms with Gasteiger partial charge in [0.05, 0.1) is 6.61 Å².